The van der Waals surface area contributed by atoms with Gasteiger partial charge in [-0.15, -0.1) is 23.1 Å². The minimum absolute atomic E-state index is 0.0797. The summed E-state index contributed by atoms with van der Waals surface area (Å²) in [5.74, 6) is -0.238. The van der Waals surface area contributed by atoms with E-state index in [2.05, 4.69) is 17.2 Å². The zero-order valence-electron chi connectivity index (χ0n) is 21.9. The number of hydrogen-bond acceptors (Lipinski definition) is 8. The number of thioether (sulfide) groups is 1. The van der Waals surface area contributed by atoms with Crippen LogP contribution in [-0.2, 0) is 38.4 Å². The van der Waals surface area contributed by atoms with Crippen LogP contribution in [0.4, 0.5) is 5.00 Å². The molecule has 0 saturated heterocycles. The predicted molar refractivity (Wildman–Crippen MR) is 154 cm³/mol. The highest BCUT2D eigenvalue weighted by Gasteiger charge is 2.29. The van der Waals surface area contributed by atoms with Crippen LogP contribution in [0.1, 0.15) is 48.0 Å². The molecular weight excluding hydrogens is 543 g/mol. The lowest BCUT2D eigenvalue weighted by Crippen LogP contribution is -2.21. The minimum Gasteiger partial charge on any atom is -0.462 e. The molecule has 0 spiro atoms. The van der Waals surface area contributed by atoms with Crippen molar-refractivity contribution < 1.29 is 23.9 Å². The zero-order valence-corrected chi connectivity index (χ0v) is 24.4. The molecule has 1 N–H and O–H groups in total. The molecule has 1 aliphatic carbocycles. The largest absolute Gasteiger partial charge is 0.462 e. The van der Waals surface area contributed by atoms with Crippen molar-refractivity contribution in [3.8, 4) is 0 Å². The Labute approximate surface area is 234 Å². The van der Waals surface area contributed by atoms with E-state index in [-0.39, 0.29) is 29.9 Å². The van der Waals surface area contributed by atoms with Crippen LogP contribution in [0.5, 0.6) is 0 Å². The second kappa shape index (κ2) is 13.5. The van der Waals surface area contributed by atoms with E-state index < -0.39 is 5.97 Å². The summed E-state index contributed by atoms with van der Waals surface area (Å²) in [6, 6.07) is 7.94. The number of ether oxygens (including phenoxy) is 2. The number of fused-ring (bicyclic) bond motifs is 2. The molecule has 38 heavy (non-hydrogen) atoms. The lowest BCUT2D eigenvalue weighted by Gasteiger charge is -2.18. The lowest BCUT2D eigenvalue weighted by atomic mass is 9.88. The predicted octanol–water partition coefficient (Wildman–Crippen LogP) is 4.90. The summed E-state index contributed by atoms with van der Waals surface area (Å²) < 4.78 is 13.8. The average molecular weight is 576 g/mol. The molecule has 2 amide bonds. The van der Waals surface area contributed by atoms with Gasteiger partial charge in [-0.2, -0.15) is 4.99 Å². The van der Waals surface area contributed by atoms with Gasteiger partial charge in [0.05, 0.1) is 40.5 Å². The molecular formula is C27H33N3O5S3. The fourth-order valence-corrected chi connectivity index (χ4v) is 7.50. The van der Waals surface area contributed by atoms with Crippen LogP contribution in [0, 0.1) is 5.92 Å². The molecule has 0 fully saturated rings. The molecule has 204 valence electrons. The van der Waals surface area contributed by atoms with E-state index in [1.807, 2.05) is 35.8 Å². The quantitative estimate of drug-likeness (QED) is 0.258. The van der Waals surface area contributed by atoms with E-state index in [0.29, 0.717) is 41.0 Å². The summed E-state index contributed by atoms with van der Waals surface area (Å²) in [6.45, 7) is 7.96. The van der Waals surface area contributed by atoms with Crippen molar-refractivity contribution in [2.75, 3.05) is 36.6 Å². The van der Waals surface area contributed by atoms with Crippen LogP contribution in [0.15, 0.2) is 29.3 Å². The average Bonchev–Trinajstić information content (AvgIpc) is 3.41. The number of thiophene rings is 1. The smallest absolute Gasteiger partial charge is 0.341 e. The maximum absolute atomic E-state index is 12.7. The molecule has 0 saturated carbocycles. The molecule has 3 aromatic rings. The van der Waals surface area contributed by atoms with Crippen molar-refractivity contribution in [1.29, 1.82) is 0 Å². The number of aromatic nitrogens is 1. The van der Waals surface area contributed by atoms with Gasteiger partial charge in [0.15, 0.2) is 4.80 Å². The van der Waals surface area contributed by atoms with E-state index in [1.165, 1.54) is 34.4 Å². The fourth-order valence-electron chi connectivity index (χ4n) is 4.41. The number of anilines is 1. The van der Waals surface area contributed by atoms with E-state index in [4.69, 9.17) is 9.47 Å². The topological polar surface area (TPSA) is 99.0 Å². The Bertz CT molecular complexity index is 1370. The van der Waals surface area contributed by atoms with Crippen LogP contribution >= 0.6 is 34.4 Å². The number of benzene rings is 1. The van der Waals surface area contributed by atoms with Crippen molar-refractivity contribution in [3.63, 3.8) is 0 Å². The highest BCUT2D eigenvalue weighted by atomic mass is 32.2. The van der Waals surface area contributed by atoms with E-state index >= 15 is 0 Å². The fraction of sp³-hybridized carbons (Fsp3) is 0.481. The number of carbonyl (C=O) groups excluding carboxylic acids is 3. The number of rotatable bonds is 11. The van der Waals surface area contributed by atoms with Gasteiger partial charge in [-0.25, -0.2) is 4.79 Å². The van der Waals surface area contributed by atoms with Crippen LogP contribution in [0.3, 0.4) is 0 Å². The van der Waals surface area contributed by atoms with Crippen molar-refractivity contribution in [1.82, 2.24) is 4.57 Å². The molecule has 1 aromatic carbocycles. The molecule has 1 aliphatic rings. The summed E-state index contributed by atoms with van der Waals surface area (Å²) in [4.78, 5) is 44.2. The summed E-state index contributed by atoms with van der Waals surface area (Å²) in [6.07, 6.45) is 2.72. The van der Waals surface area contributed by atoms with Gasteiger partial charge in [-0.05, 0) is 56.7 Å². The van der Waals surface area contributed by atoms with Gasteiger partial charge in [-0.1, -0.05) is 30.4 Å². The Kier molecular flexibility index (Phi) is 10.2. The highest BCUT2D eigenvalue weighted by Crippen LogP contribution is 2.40. The van der Waals surface area contributed by atoms with Crippen molar-refractivity contribution in [3.05, 3.63) is 45.1 Å². The second-order valence-corrected chi connectivity index (χ2v) is 12.1. The van der Waals surface area contributed by atoms with Gasteiger partial charge < -0.3 is 19.4 Å². The molecule has 4 rings (SSSR count). The molecule has 1 atom stereocenters. The second-order valence-electron chi connectivity index (χ2n) is 9.02. The standard InChI is InChI=1S/C27H33N3O5S3/c1-4-34-13-12-30-19-8-6-7-9-20(19)38-27(30)29-23(32)16-36-15-22(31)28-25-24(26(33)35-5-2)18-11-10-17(3)14-21(18)37-25/h6-9,17H,4-5,10-16H2,1-3H3,(H,28,31). The molecule has 2 heterocycles. The summed E-state index contributed by atoms with van der Waals surface area (Å²) in [7, 11) is 0. The number of esters is 1. The molecule has 0 radical (unpaired) electrons. The third kappa shape index (κ3) is 6.93. The maximum atomic E-state index is 12.7. The van der Waals surface area contributed by atoms with Gasteiger partial charge in [0, 0.05) is 18.0 Å². The molecule has 2 aromatic heterocycles. The molecule has 11 heteroatoms. The Morgan fingerprint density at radius 3 is 2.76 bits per heavy atom. The summed E-state index contributed by atoms with van der Waals surface area (Å²) in [5.41, 5.74) is 2.51. The monoisotopic (exact) mass is 575 g/mol. The van der Waals surface area contributed by atoms with Crippen LogP contribution in [0.25, 0.3) is 10.2 Å². The summed E-state index contributed by atoms with van der Waals surface area (Å²) in [5, 5.41) is 3.45. The van der Waals surface area contributed by atoms with Gasteiger partial charge in [0.25, 0.3) is 5.91 Å². The lowest BCUT2D eigenvalue weighted by molar-refractivity contribution is -0.115. The van der Waals surface area contributed by atoms with Gasteiger partial charge in [-0.3, -0.25) is 9.59 Å². The van der Waals surface area contributed by atoms with E-state index in [1.54, 1.807) is 6.92 Å². The summed E-state index contributed by atoms with van der Waals surface area (Å²) >= 11 is 4.13. The van der Waals surface area contributed by atoms with Gasteiger partial charge in [0.1, 0.15) is 5.00 Å². The van der Waals surface area contributed by atoms with Crippen molar-refractivity contribution >= 4 is 67.4 Å². The number of carbonyl (C=O) groups is 3. The Morgan fingerprint density at radius 1 is 1.16 bits per heavy atom. The first-order valence-electron chi connectivity index (χ1n) is 12.8. The molecule has 1 unspecified atom stereocenters. The van der Waals surface area contributed by atoms with Gasteiger partial charge in [0.2, 0.25) is 5.91 Å². The normalized spacial score (nSPS) is 15.4. The maximum Gasteiger partial charge on any atom is 0.341 e. The van der Waals surface area contributed by atoms with Gasteiger partial charge >= 0.3 is 5.97 Å². The number of thiazole rings is 1. The highest BCUT2D eigenvalue weighted by molar-refractivity contribution is 8.00. The van der Waals surface area contributed by atoms with Crippen molar-refractivity contribution in [2.24, 2.45) is 10.9 Å². The number of nitrogens with zero attached hydrogens (tertiary/aromatic N) is 2. The first-order chi connectivity index (χ1) is 18.4. The van der Waals surface area contributed by atoms with E-state index in [0.717, 1.165) is 39.9 Å². The third-order valence-electron chi connectivity index (χ3n) is 6.17. The third-order valence-corrected chi connectivity index (χ3v) is 9.32. The molecule has 0 aliphatic heterocycles. The number of amides is 2. The molecule has 8 nitrogen and oxygen atoms in total. The first-order valence-corrected chi connectivity index (χ1v) is 15.6. The van der Waals surface area contributed by atoms with Crippen molar-refractivity contribution in [2.45, 2.75) is 46.6 Å². The zero-order chi connectivity index (χ0) is 27.1. The number of para-hydroxylation sites is 1. The van der Waals surface area contributed by atoms with Crippen LogP contribution in [-0.4, -0.2) is 53.7 Å². The van der Waals surface area contributed by atoms with Crippen LogP contribution in [0.2, 0.25) is 0 Å². The van der Waals surface area contributed by atoms with Crippen LogP contribution < -0.4 is 10.1 Å². The number of hydrogen-bond donors (Lipinski definition) is 1. The molecule has 0 bridgehead atoms. The SMILES string of the molecule is CCOCCn1c(=NC(=O)CSCC(=O)Nc2sc3c(c2C(=O)OCC)CCC(C)C3)sc2ccccc21. The number of nitrogens with one attached hydrogen (secondary N) is 1. The van der Waals surface area contributed by atoms with E-state index in [9.17, 15) is 14.4 Å². The Morgan fingerprint density at radius 2 is 1.97 bits per heavy atom. The Balaban J connectivity index is 1.40. The Hall–Kier alpha value is -2.47. The first kappa shape index (κ1) is 28.5. The minimum atomic E-state index is -0.391.